The van der Waals surface area contributed by atoms with Crippen molar-refractivity contribution in [1.82, 2.24) is 4.98 Å². The van der Waals surface area contributed by atoms with E-state index in [0.29, 0.717) is 0 Å². The number of pyridine rings is 1. The van der Waals surface area contributed by atoms with Crippen LogP contribution in [0.25, 0.3) is 16.7 Å². The van der Waals surface area contributed by atoms with E-state index in [1.54, 1.807) is 0 Å². The highest BCUT2D eigenvalue weighted by molar-refractivity contribution is 5.78. The largest absolute Gasteiger partial charge is 0.340 e. The maximum atomic E-state index is 9.85. The lowest BCUT2D eigenvalue weighted by Crippen LogP contribution is -3.05. The van der Waals surface area contributed by atoms with Gasteiger partial charge in [-0.2, -0.15) is 9.66 Å². The van der Waals surface area contributed by atoms with Crippen LogP contribution in [0, 0.1) is 18.3 Å². The summed E-state index contributed by atoms with van der Waals surface area (Å²) in [5.74, 6) is 1.14. The van der Waals surface area contributed by atoms with Crippen LogP contribution in [-0.2, 0) is 6.42 Å². The average molecular weight is 366 g/mol. The van der Waals surface area contributed by atoms with Crippen molar-refractivity contribution in [3.63, 3.8) is 0 Å². The lowest BCUT2D eigenvalue weighted by molar-refractivity contribution is -0.858. The van der Waals surface area contributed by atoms with Gasteiger partial charge in [-0.05, 0) is 37.5 Å². The van der Waals surface area contributed by atoms with Gasteiger partial charge in [0.25, 0.3) is 0 Å². The number of benzene rings is 1. The predicted octanol–water partition coefficient (Wildman–Crippen LogP) is 2.38. The quantitative estimate of drug-likeness (QED) is 0.424. The lowest BCUT2D eigenvalue weighted by atomic mass is 9.99. The number of nitriles is 1. The van der Waals surface area contributed by atoms with Crippen molar-refractivity contribution in [2.45, 2.75) is 39.5 Å². The van der Waals surface area contributed by atoms with Crippen molar-refractivity contribution >= 4 is 22.5 Å². The van der Waals surface area contributed by atoms with Crippen molar-refractivity contribution in [1.29, 1.82) is 5.26 Å². The number of imidazole rings is 1. The molecule has 0 bridgehead atoms. The number of nitrogens with zero attached hydrogens (tertiary/aromatic N) is 2. The number of H-pyrrole nitrogens is 1. The Labute approximate surface area is 161 Å². The number of unbranched alkanes of at least 4 members (excludes halogenated alkanes) is 1. The maximum absolute atomic E-state index is 9.85. The summed E-state index contributed by atoms with van der Waals surface area (Å²) in [7, 11) is 4.37. The Kier molecular flexibility index (Phi) is 5.98. The zero-order chi connectivity index (χ0) is 19.4. The van der Waals surface area contributed by atoms with Gasteiger partial charge in [-0.1, -0.05) is 25.5 Å². The summed E-state index contributed by atoms with van der Waals surface area (Å²) >= 11 is 0. The van der Waals surface area contributed by atoms with Gasteiger partial charge >= 0.3 is 0 Å². The monoisotopic (exact) mass is 365 g/mol. The van der Waals surface area contributed by atoms with Crippen LogP contribution in [0.15, 0.2) is 24.3 Å². The second kappa shape index (κ2) is 8.41. The smallest absolute Gasteiger partial charge is 0.250 e. The van der Waals surface area contributed by atoms with Crippen LogP contribution in [0.1, 0.15) is 42.9 Å². The van der Waals surface area contributed by atoms with Crippen LogP contribution in [0.4, 0.5) is 5.82 Å². The molecule has 2 aromatic heterocycles. The number of anilines is 1. The summed E-state index contributed by atoms with van der Waals surface area (Å²) in [6, 6.07) is 10.7. The molecule has 0 saturated carbocycles. The molecule has 3 N–H and O–H groups in total. The molecule has 142 valence electrons. The van der Waals surface area contributed by atoms with E-state index < -0.39 is 0 Å². The molecule has 0 unspecified atom stereocenters. The minimum atomic E-state index is 0.751. The molecule has 5 heteroatoms. The van der Waals surface area contributed by atoms with Gasteiger partial charge in [0.1, 0.15) is 22.7 Å². The number of rotatable bonds is 8. The molecule has 3 rings (SSSR count). The first kappa shape index (κ1) is 19.2. The van der Waals surface area contributed by atoms with Crippen molar-refractivity contribution in [3.8, 4) is 6.07 Å². The summed E-state index contributed by atoms with van der Waals surface area (Å²) in [6.45, 7) is 6.36. The van der Waals surface area contributed by atoms with Gasteiger partial charge in [0, 0.05) is 12.0 Å². The SMILES string of the molecule is CCCCc1c(C)c(C#N)c2[nH]c3ccccc3[n+]2c1NCCC[NH+](C)C. The summed E-state index contributed by atoms with van der Waals surface area (Å²) in [5, 5.41) is 13.6. The number of hydrogen-bond donors (Lipinski definition) is 3. The Hall–Kier alpha value is -2.58. The third-order valence-electron chi connectivity index (χ3n) is 5.23. The van der Waals surface area contributed by atoms with Crippen molar-refractivity contribution in [3.05, 3.63) is 41.0 Å². The fourth-order valence-corrected chi connectivity index (χ4v) is 3.76. The molecule has 0 radical (unpaired) electrons. The Morgan fingerprint density at radius 2 is 2.00 bits per heavy atom. The van der Waals surface area contributed by atoms with E-state index in [0.717, 1.165) is 72.4 Å². The van der Waals surface area contributed by atoms with E-state index >= 15 is 0 Å². The van der Waals surface area contributed by atoms with Crippen LogP contribution in [-0.4, -0.2) is 32.2 Å². The molecule has 0 atom stereocenters. The van der Waals surface area contributed by atoms with E-state index in [9.17, 15) is 5.26 Å². The summed E-state index contributed by atoms with van der Waals surface area (Å²) in [5.41, 5.74) is 6.17. The molecule has 3 aromatic rings. The number of nitrogens with one attached hydrogen (secondary N) is 3. The highest BCUT2D eigenvalue weighted by Gasteiger charge is 2.25. The number of fused-ring (bicyclic) bond motifs is 3. The lowest BCUT2D eigenvalue weighted by Gasteiger charge is -2.14. The predicted molar refractivity (Wildman–Crippen MR) is 110 cm³/mol. The number of quaternary nitrogens is 1. The van der Waals surface area contributed by atoms with E-state index in [4.69, 9.17) is 0 Å². The highest BCUT2D eigenvalue weighted by Crippen LogP contribution is 2.26. The third-order valence-corrected chi connectivity index (χ3v) is 5.23. The van der Waals surface area contributed by atoms with Gasteiger partial charge in [0.05, 0.1) is 27.2 Å². The van der Waals surface area contributed by atoms with Crippen LogP contribution in [0.3, 0.4) is 0 Å². The normalized spacial score (nSPS) is 11.4. The standard InChI is InChI=1S/C22H29N5/c1-5-6-10-17-16(2)18(15-23)22-25-19-11-7-8-12-20(19)27(22)21(17)24-13-9-14-26(3)4/h7-8,11-12H,5-6,9-10,13-14H2,1-4H3,(H,24,25)/p+2. The Morgan fingerprint density at radius 1 is 1.22 bits per heavy atom. The topological polar surface area (TPSA) is 60.1 Å². The van der Waals surface area contributed by atoms with Gasteiger partial charge < -0.3 is 10.2 Å². The van der Waals surface area contributed by atoms with E-state index in [1.807, 2.05) is 6.07 Å². The van der Waals surface area contributed by atoms with E-state index in [1.165, 1.54) is 10.5 Å². The van der Waals surface area contributed by atoms with Gasteiger partial charge in [-0.3, -0.25) is 4.98 Å². The molecule has 0 amide bonds. The molecular weight excluding hydrogens is 334 g/mol. The zero-order valence-electron chi connectivity index (χ0n) is 16.9. The summed E-state index contributed by atoms with van der Waals surface area (Å²) < 4.78 is 2.22. The molecule has 1 aromatic carbocycles. The Balaban J connectivity index is 2.19. The van der Waals surface area contributed by atoms with Crippen LogP contribution in [0.2, 0.25) is 0 Å². The first-order valence-corrected chi connectivity index (χ1v) is 9.99. The van der Waals surface area contributed by atoms with Crippen LogP contribution in [0.5, 0.6) is 0 Å². The van der Waals surface area contributed by atoms with Crippen molar-refractivity contribution < 1.29 is 9.30 Å². The maximum Gasteiger partial charge on any atom is 0.250 e. The van der Waals surface area contributed by atoms with Gasteiger partial charge in [-0.15, -0.1) is 0 Å². The summed E-state index contributed by atoms with van der Waals surface area (Å²) in [6.07, 6.45) is 4.36. The highest BCUT2D eigenvalue weighted by atomic mass is 15.1. The minimum Gasteiger partial charge on any atom is -0.340 e. The van der Waals surface area contributed by atoms with E-state index in [2.05, 4.69) is 66.9 Å². The minimum absolute atomic E-state index is 0.751. The van der Waals surface area contributed by atoms with Crippen LogP contribution >= 0.6 is 0 Å². The first-order chi connectivity index (χ1) is 13.1. The molecule has 27 heavy (non-hydrogen) atoms. The second-order valence-corrected chi connectivity index (χ2v) is 7.61. The molecule has 0 aliphatic heterocycles. The fourth-order valence-electron chi connectivity index (χ4n) is 3.76. The van der Waals surface area contributed by atoms with Gasteiger partial charge in [0.15, 0.2) is 0 Å². The number of aromatic nitrogens is 2. The number of aromatic amines is 1. The third kappa shape index (κ3) is 3.77. The molecule has 5 nitrogen and oxygen atoms in total. The van der Waals surface area contributed by atoms with Crippen molar-refractivity contribution in [2.75, 3.05) is 32.5 Å². The molecule has 0 saturated heterocycles. The zero-order valence-corrected chi connectivity index (χ0v) is 16.9. The Bertz CT molecular complexity index is 978. The second-order valence-electron chi connectivity index (χ2n) is 7.61. The number of para-hydroxylation sites is 2. The van der Waals surface area contributed by atoms with Gasteiger partial charge in [-0.25, -0.2) is 0 Å². The van der Waals surface area contributed by atoms with E-state index in [-0.39, 0.29) is 0 Å². The van der Waals surface area contributed by atoms with Gasteiger partial charge in [0.2, 0.25) is 11.5 Å². The van der Waals surface area contributed by atoms with Crippen molar-refractivity contribution in [2.24, 2.45) is 0 Å². The molecular formula is C22H31N5+2. The molecule has 0 fully saturated rings. The molecule has 0 aliphatic rings. The fraction of sp³-hybridized carbons (Fsp3) is 0.455. The molecule has 0 spiro atoms. The number of hydrogen-bond acceptors (Lipinski definition) is 2. The average Bonchev–Trinajstić information content (AvgIpc) is 3.03. The molecule has 0 aliphatic carbocycles. The first-order valence-electron chi connectivity index (χ1n) is 9.99. The molecule has 2 heterocycles. The van der Waals surface area contributed by atoms with Crippen LogP contribution < -0.4 is 14.6 Å². The Morgan fingerprint density at radius 3 is 2.70 bits per heavy atom. The summed E-state index contributed by atoms with van der Waals surface area (Å²) in [4.78, 5) is 4.93.